The number of nitrogens with zero attached hydrogens (tertiary/aromatic N) is 2. The largest absolute Gasteiger partial charge is 0.338 e. The molecule has 1 amide bonds. The van der Waals surface area contributed by atoms with Crippen LogP contribution in [0.5, 0.6) is 0 Å². The lowest BCUT2D eigenvalue weighted by molar-refractivity contribution is -0.127. The monoisotopic (exact) mass is 497 g/mol. The van der Waals surface area contributed by atoms with E-state index in [9.17, 15) is 18.5 Å². The topological polar surface area (TPSA) is 99.9 Å². The highest BCUT2D eigenvalue weighted by Gasteiger charge is 2.47. The van der Waals surface area contributed by atoms with E-state index >= 15 is 0 Å². The number of nitriles is 1. The average Bonchev–Trinajstić information content (AvgIpc) is 3.44. The molecule has 3 aliphatic rings. The standard InChI is InChI=1S/C26H31N3O3S2/c1-16-28-23(18-9-7-17(8-10-18)19-13-20(14-19)34(2,31)32)24(33-16)21-5-3-4-6-22(21)25(30)29-26(15-27)11-12-26/h7-10,19-22H,3-6,11-14H2,1-2H3,(H,29,30)/t19?,20?,21-,22-/m1/s1. The van der Waals surface area contributed by atoms with Crippen molar-refractivity contribution in [1.82, 2.24) is 10.3 Å². The molecule has 6 nitrogen and oxygen atoms in total. The number of carbonyl (C=O) groups is 1. The van der Waals surface area contributed by atoms with Crippen LogP contribution in [-0.4, -0.2) is 36.4 Å². The molecule has 0 aliphatic heterocycles. The Hall–Kier alpha value is -2.24. The summed E-state index contributed by atoms with van der Waals surface area (Å²) in [5.41, 5.74) is 2.54. The molecule has 8 heteroatoms. The Morgan fingerprint density at radius 2 is 1.85 bits per heavy atom. The first kappa shape index (κ1) is 23.5. The van der Waals surface area contributed by atoms with Gasteiger partial charge in [0.05, 0.1) is 22.0 Å². The Morgan fingerprint density at radius 1 is 1.18 bits per heavy atom. The summed E-state index contributed by atoms with van der Waals surface area (Å²) in [5.74, 6) is 0.305. The molecule has 3 fully saturated rings. The lowest BCUT2D eigenvalue weighted by Gasteiger charge is -2.34. The van der Waals surface area contributed by atoms with Crippen molar-refractivity contribution in [3.8, 4) is 17.3 Å². The number of hydrogen-bond donors (Lipinski definition) is 1. The third kappa shape index (κ3) is 4.52. The van der Waals surface area contributed by atoms with Crippen LogP contribution in [0.1, 0.15) is 78.7 Å². The van der Waals surface area contributed by atoms with Crippen molar-refractivity contribution in [3.63, 3.8) is 0 Å². The van der Waals surface area contributed by atoms with Gasteiger partial charge in [0.1, 0.15) is 15.4 Å². The van der Waals surface area contributed by atoms with E-state index < -0.39 is 15.4 Å². The zero-order valence-corrected chi connectivity index (χ0v) is 21.3. The number of thiazole rings is 1. The Balaban J connectivity index is 1.36. The molecule has 34 heavy (non-hydrogen) atoms. The molecule has 0 spiro atoms. The van der Waals surface area contributed by atoms with Crippen molar-refractivity contribution in [3.05, 3.63) is 39.7 Å². The van der Waals surface area contributed by atoms with Crippen LogP contribution in [0.2, 0.25) is 0 Å². The summed E-state index contributed by atoms with van der Waals surface area (Å²) in [6, 6.07) is 10.7. The number of rotatable bonds is 6. The fourth-order valence-corrected chi connectivity index (χ4v) is 7.79. The van der Waals surface area contributed by atoms with E-state index in [1.54, 1.807) is 11.3 Å². The van der Waals surface area contributed by atoms with Gasteiger partial charge in [0.2, 0.25) is 5.91 Å². The molecule has 0 saturated heterocycles. The van der Waals surface area contributed by atoms with Crippen LogP contribution in [0, 0.1) is 24.2 Å². The fourth-order valence-electron chi connectivity index (χ4n) is 5.48. The molecule has 3 saturated carbocycles. The zero-order chi connectivity index (χ0) is 24.1. The molecule has 3 aliphatic carbocycles. The predicted molar refractivity (Wildman–Crippen MR) is 133 cm³/mol. The van der Waals surface area contributed by atoms with E-state index in [-0.39, 0.29) is 23.0 Å². The number of aryl methyl sites for hydroxylation is 1. The second kappa shape index (κ2) is 8.76. The van der Waals surface area contributed by atoms with E-state index in [2.05, 4.69) is 35.7 Å². The van der Waals surface area contributed by atoms with Crippen LogP contribution in [0.25, 0.3) is 11.3 Å². The van der Waals surface area contributed by atoms with Gasteiger partial charge in [-0.05, 0) is 56.9 Å². The highest BCUT2D eigenvalue weighted by Crippen LogP contribution is 2.46. The molecule has 2 atom stereocenters. The van der Waals surface area contributed by atoms with Crippen LogP contribution >= 0.6 is 11.3 Å². The second-order valence-electron chi connectivity index (χ2n) is 10.4. The summed E-state index contributed by atoms with van der Waals surface area (Å²) >= 11 is 1.68. The summed E-state index contributed by atoms with van der Waals surface area (Å²) in [5, 5.41) is 13.2. The molecular formula is C26H31N3O3S2. The first-order valence-electron chi connectivity index (χ1n) is 12.2. The SMILES string of the molecule is Cc1nc(-c2ccc(C3CC(S(C)(=O)=O)C3)cc2)c([C@@H]2CCCC[C@H]2C(=O)NC2(C#N)CC2)s1. The summed E-state index contributed by atoms with van der Waals surface area (Å²) in [6.07, 6.45) is 8.14. The van der Waals surface area contributed by atoms with Crippen LogP contribution in [0.15, 0.2) is 24.3 Å². The van der Waals surface area contributed by atoms with E-state index in [1.165, 1.54) is 16.7 Å². The molecule has 1 aromatic carbocycles. The summed E-state index contributed by atoms with van der Waals surface area (Å²) in [7, 11) is -2.95. The Labute approximate surface area is 205 Å². The summed E-state index contributed by atoms with van der Waals surface area (Å²) in [4.78, 5) is 19.2. The van der Waals surface area contributed by atoms with Crippen molar-refractivity contribution >= 4 is 27.1 Å². The minimum absolute atomic E-state index is 0.0153. The molecule has 180 valence electrons. The quantitative estimate of drug-likeness (QED) is 0.615. The summed E-state index contributed by atoms with van der Waals surface area (Å²) in [6.45, 7) is 2.01. The number of amides is 1. The van der Waals surface area contributed by atoms with E-state index in [1.807, 2.05) is 6.92 Å². The maximum atomic E-state index is 13.2. The third-order valence-corrected chi connectivity index (χ3v) is 10.6. The van der Waals surface area contributed by atoms with E-state index in [0.717, 1.165) is 54.8 Å². The van der Waals surface area contributed by atoms with E-state index in [0.29, 0.717) is 18.8 Å². The predicted octanol–water partition coefficient (Wildman–Crippen LogP) is 4.86. The maximum absolute atomic E-state index is 13.2. The van der Waals surface area contributed by atoms with Crippen molar-refractivity contribution < 1.29 is 13.2 Å². The van der Waals surface area contributed by atoms with Crippen molar-refractivity contribution in [2.24, 2.45) is 5.92 Å². The Bertz CT molecular complexity index is 1230. The van der Waals surface area contributed by atoms with Crippen molar-refractivity contribution in [2.45, 2.75) is 80.9 Å². The van der Waals surface area contributed by atoms with E-state index in [4.69, 9.17) is 4.98 Å². The van der Waals surface area contributed by atoms with Crippen molar-refractivity contribution in [2.75, 3.05) is 6.26 Å². The lowest BCUT2D eigenvalue weighted by atomic mass is 9.76. The Kier molecular flexibility index (Phi) is 6.06. The van der Waals surface area contributed by atoms with Gasteiger partial charge in [-0.2, -0.15) is 5.26 Å². The van der Waals surface area contributed by atoms with Crippen LogP contribution < -0.4 is 5.32 Å². The van der Waals surface area contributed by atoms with Crippen LogP contribution in [0.4, 0.5) is 0 Å². The minimum Gasteiger partial charge on any atom is -0.338 e. The molecule has 0 radical (unpaired) electrons. The number of sulfone groups is 1. The van der Waals surface area contributed by atoms with Gasteiger partial charge in [-0.3, -0.25) is 4.79 Å². The molecule has 0 bridgehead atoms. The number of hydrogen-bond acceptors (Lipinski definition) is 6. The molecule has 1 heterocycles. The van der Waals surface area contributed by atoms with Gasteiger partial charge in [0.25, 0.3) is 0 Å². The molecular weight excluding hydrogens is 466 g/mol. The first-order valence-corrected chi connectivity index (χ1v) is 15.0. The molecule has 1 aromatic heterocycles. The second-order valence-corrected chi connectivity index (χ2v) is 13.9. The molecule has 2 aromatic rings. The van der Waals surface area contributed by atoms with Crippen LogP contribution in [-0.2, 0) is 14.6 Å². The number of aromatic nitrogens is 1. The zero-order valence-electron chi connectivity index (χ0n) is 19.7. The van der Waals surface area contributed by atoms with Gasteiger partial charge in [-0.15, -0.1) is 11.3 Å². The molecule has 5 rings (SSSR count). The number of nitrogens with one attached hydrogen (secondary N) is 1. The average molecular weight is 498 g/mol. The van der Waals surface area contributed by atoms with Crippen LogP contribution in [0.3, 0.4) is 0 Å². The third-order valence-electron chi connectivity index (χ3n) is 7.88. The number of carbonyl (C=O) groups excluding carboxylic acids is 1. The van der Waals surface area contributed by atoms with Gasteiger partial charge in [0, 0.05) is 28.5 Å². The minimum atomic E-state index is -2.95. The van der Waals surface area contributed by atoms with Gasteiger partial charge < -0.3 is 5.32 Å². The lowest BCUT2D eigenvalue weighted by Crippen LogP contribution is -2.42. The normalized spacial score (nSPS) is 27.9. The van der Waals surface area contributed by atoms with Gasteiger partial charge in [-0.25, -0.2) is 13.4 Å². The van der Waals surface area contributed by atoms with Crippen molar-refractivity contribution in [1.29, 1.82) is 5.26 Å². The highest BCUT2D eigenvalue weighted by molar-refractivity contribution is 7.91. The number of benzene rings is 1. The van der Waals surface area contributed by atoms with Gasteiger partial charge >= 0.3 is 0 Å². The van der Waals surface area contributed by atoms with Gasteiger partial charge in [0.15, 0.2) is 0 Å². The summed E-state index contributed by atoms with van der Waals surface area (Å²) < 4.78 is 23.5. The first-order chi connectivity index (χ1) is 16.2. The molecule has 0 unspecified atom stereocenters. The highest BCUT2D eigenvalue weighted by atomic mass is 32.2. The van der Waals surface area contributed by atoms with Gasteiger partial charge in [-0.1, -0.05) is 37.1 Å². The fraction of sp³-hybridized carbons (Fsp3) is 0.577. The molecule has 1 N–H and O–H groups in total. The smallest absolute Gasteiger partial charge is 0.224 e. The Morgan fingerprint density at radius 3 is 2.47 bits per heavy atom. The maximum Gasteiger partial charge on any atom is 0.224 e.